The molecule has 1 fully saturated rings. The second-order valence-electron chi connectivity index (χ2n) is 5.11. The fraction of sp³-hybridized carbons (Fsp3) is 0.250. The Morgan fingerprint density at radius 1 is 1.15 bits per heavy atom. The summed E-state index contributed by atoms with van der Waals surface area (Å²) in [4.78, 5) is 16.5. The van der Waals surface area contributed by atoms with Gasteiger partial charge in [0, 0.05) is 23.6 Å². The molecular formula is C16H15FN2O. The number of carbonyl (C=O) groups excluding carboxylic acids is 1. The van der Waals surface area contributed by atoms with Crippen LogP contribution in [0.15, 0.2) is 48.8 Å². The molecule has 2 aromatic rings. The number of aromatic nitrogens is 1. The number of benzene rings is 1. The molecule has 20 heavy (non-hydrogen) atoms. The highest BCUT2D eigenvalue weighted by molar-refractivity contribution is 5.99. The van der Waals surface area contributed by atoms with Crippen LogP contribution in [0.4, 0.5) is 10.1 Å². The summed E-state index contributed by atoms with van der Waals surface area (Å²) in [6.45, 7) is 0. The maximum absolute atomic E-state index is 14.0. The summed E-state index contributed by atoms with van der Waals surface area (Å²) in [6, 6.07) is 10.00. The molecule has 0 bridgehead atoms. The summed E-state index contributed by atoms with van der Waals surface area (Å²) >= 11 is 0. The maximum Gasteiger partial charge on any atom is 0.235 e. The van der Waals surface area contributed by atoms with Crippen LogP contribution in [0.5, 0.6) is 0 Å². The second-order valence-corrected chi connectivity index (χ2v) is 5.11. The topological polar surface area (TPSA) is 42.0 Å². The van der Waals surface area contributed by atoms with Gasteiger partial charge in [0.2, 0.25) is 5.91 Å². The highest BCUT2D eigenvalue weighted by atomic mass is 19.1. The Bertz CT molecular complexity index is 623. The van der Waals surface area contributed by atoms with Crippen molar-refractivity contribution in [2.75, 3.05) is 5.32 Å². The third-order valence-corrected chi connectivity index (χ3v) is 3.97. The molecule has 3 nitrogen and oxygen atoms in total. The molecule has 3 rings (SSSR count). The molecule has 1 aromatic heterocycles. The van der Waals surface area contributed by atoms with Crippen molar-refractivity contribution in [2.24, 2.45) is 0 Å². The van der Waals surface area contributed by atoms with E-state index >= 15 is 0 Å². The number of anilines is 1. The predicted molar refractivity (Wildman–Crippen MR) is 74.8 cm³/mol. The molecular weight excluding hydrogens is 255 g/mol. The van der Waals surface area contributed by atoms with E-state index in [0.717, 1.165) is 6.42 Å². The Labute approximate surface area is 116 Å². The van der Waals surface area contributed by atoms with Crippen molar-refractivity contribution in [3.05, 3.63) is 60.2 Å². The molecule has 0 atom stereocenters. The van der Waals surface area contributed by atoms with Crippen LogP contribution in [-0.4, -0.2) is 10.9 Å². The van der Waals surface area contributed by atoms with E-state index in [1.807, 2.05) is 0 Å². The largest absolute Gasteiger partial charge is 0.325 e. The van der Waals surface area contributed by atoms with E-state index < -0.39 is 5.41 Å². The van der Waals surface area contributed by atoms with Crippen LogP contribution in [-0.2, 0) is 10.2 Å². The van der Waals surface area contributed by atoms with Gasteiger partial charge in [0.05, 0.1) is 5.41 Å². The van der Waals surface area contributed by atoms with E-state index in [-0.39, 0.29) is 11.7 Å². The van der Waals surface area contributed by atoms with Gasteiger partial charge in [-0.3, -0.25) is 9.78 Å². The highest BCUT2D eigenvalue weighted by Gasteiger charge is 2.47. The third kappa shape index (κ3) is 2.07. The first-order valence-corrected chi connectivity index (χ1v) is 6.69. The van der Waals surface area contributed by atoms with Crippen molar-refractivity contribution < 1.29 is 9.18 Å². The normalized spacial score (nSPS) is 16.2. The zero-order valence-electron chi connectivity index (χ0n) is 11.0. The number of rotatable bonds is 3. The average Bonchev–Trinajstić information content (AvgIpc) is 2.41. The zero-order valence-corrected chi connectivity index (χ0v) is 11.0. The van der Waals surface area contributed by atoms with Crippen molar-refractivity contribution in [3.8, 4) is 0 Å². The van der Waals surface area contributed by atoms with Gasteiger partial charge in [-0.05, 0) is 31.0 Å². The highest BCUT2D eigenvalue weighted by Crippen LogP contribution is 2.45. The molecule has 4 heteroatoms. The molecule has 1 heterocycles. The van der Waals surface area contributed by atoms with Crippen LogP contribution < -0.4 is 5.32 Å². The van der Waals surface area contributed by atoms with Crippen LogP contribution in [0, 0.1) is 5.82 Å². The van der Waals surface area contributed by atoms with E-state index in [9.17, 15) is 9.18 Å². The average molecular weight is 270 g/mol. The number of halogens is 1. The summed E-state index contributed by atoms with van der Waals surface area (Å²) < 4.78 is 14.0. The number of carbonyl (C=O) groups is 1. The van der Waals surface area contributed by atoms with E-state index in [4.69, 9.17) is 0 Å². The van der Waals surface area contributed by atoms with Crippen LogP contribution >= 0.6 is 0 Å². The molecule has 1 amide bonds. The van der Waals surface area contributed by atoms with Crippen LogP contribution in [0.1, 0.15) is 24.8 Å². The van der Waals surface area contributed by atoms with E-state index in [0.29, 0.717) is 24.1 Å². The third-order valence-electron chi connectivity index (χ3n) is 3.97. The van der Waals surface area contributed by atoms with Crippen LogP contribution in [0.25, 0.3) is 0 Å². The van der Waals surface area contributed by atoms with Gasteiger partial charge < -0.3 is 5.32 Å². The Hall–Kier alpha value is -2.23. The predicted octanol–water partition coefficient (Wildman–Crippen LogP) is 3.28. The van der Waals surface area contributed by atoms with Crippen LogP contribution in [0.2, 0.25) is 0 Å². The monoisotopic (exact) mass is 270 g/mol. The molecule has 1 N–H and O–H groups in total. The number of amides is 1. The molecule has 1 aliphatic rings. The van der Waals surface area contributed by atoms with Crippen molar-refractivity contribution in [3.63, 3.8) is 0 Å². The smallest absolute Gasteiger partial charge is 0.235 e. The van der Waals surface area contributed by atoms with Gasteiger partial charge >= 0.3 is 0 Å². The number of hydrogen-bond donors (Lipinski definition) is 1. The van der Waals surface area contributed by atoms with Crippen molar-refractivity contribution in [1.82, 2.24) is 4.98 Å². The number of nitrogens with zero attached hydrogens (tertiary/aromatic N) is 1. The van der Waals surface area contributed by atoms with Gasteiger partial charge in [0.15, 0.2) is 0 Å². The first kappa shape index (κ1) is 12.8. The molecule has 1 aromatic carbocycles. The lowest BCUT2D eigenvalue weighted by molar-refractivity contribution is -0.124. The lowest BCUT2D eigenvalue weighted by Crippen LogP contribution is -2.46. The molecule has 1 saturated carbocycles. The van der Waals surface area contributed by atoms with E-state index in [2.05, 4.69) is 10.3 Å². The summed E-state index contributed by atoms with van der Waals surface area (Å²) in [7, 11) is 0. The Kier molecular flexibility index (Phi) is 3.22. The molecule has 102 valence electrons. The maximum atomic E-state index is 14.0. The number of nitrogens with one attached hydrogen (secondary N) is 1. The first-order chi connectivity index (χ1) is 9.72. The van der Waals surface area contributed by atoms with Gasteiger partial charge in [0.25, 0.3) is 0 Å². The number of hydrogen-bond acceptors (Lipinski definition) is 2. The van der Waals surface area contributed by atoms with E-state index in [1.54, 1.807) is 42.7 Å². The Morgan fingerprint density at radius 2 is 1.85 bits per heavy atom. The molecule has 0 radical (unpaired) electrons. The van der Waals surface area contributed by atoms with Gasteiger partial charge in [-0.15, -0.1) is 0 Å². The lowest BCUT2D eigenvalue weighted by Gasteiger charge is -2.40. The van der Waals surface area contributed by atoms with Crippen LogP contribution in [0.3, 0.4) is 0 Å². The minimum Gasteiger partial charge on any atom is -0.325 e. The summed E-state index contributed by atoms with van der Waals surface area (Å²) in [5.74, 6) is -0.447. The Balaban J connectivity index is 1.90. The number of pyridine rings is 1. The fourth-order valence-electron chi connectivity index (χ4n) is 2.68. The minimum atomic E-state index is -0.728. The van der Waals surface area contributed by atoms with Gasteiger partial charge in [-0.25, -0.2) is 4.39 Å². The molecule has 1 aliphatic carbocycles. The molecule has 0 spiro atoms. The zero-order chi connectivity index (χ0) is 14.0. The lowest BCUT2D eigenvalue weighted by atomic mass is 9.63. The summed E-state index contributed by atoms with van der Waals surface area (Å²) in [6.07, 6.45) is 5.55. The quantitative estimate of drug-likeness (QED) is 0.930. The SMILES string of the molecule is O=C(Nc1ccncc1)C1(c2ccccc2F)CCC1. The van der Waals surface area contributed by atoms with Gasteiger partial charge in [-0.1, -0.05) is 24.6 Å². The molecule has 0 aliphatic heterocycles. The Morgan fingerprint density at radius 3 is 2.45 bits per heavy atom. The summed E-state index contributed by atoms with van der Waals surface area (Å²) in [5, 5.41) is 2.86. The second kappa shape index (κ2) is 5.04. The fourth-order valence-corrected chi connectivity index (χ4v) is 2.68. The standard InChI is InChI=1S/C16H15FN2O/c17-14-5-2-1-4-13(14)16(8-3-9-16)15(20)19-12-6-10-18-11-7-12/h1-2,4-7,10-11H,3,8-9H2,(H,18,19,20). The molecule has 0 saturated heterocycles. The minimum absolute atomic E-state index is 0.139. The van der Waals surface area contributed by atoms with Crippen molar-refractivity contribution in [2.45, 2.75) is 24.7 Å². The molecule has 0 unspecified atom stereocenters. The van der Waals surface area contributed by atoms with Gasteiger partial charge in [-0.2, -0.15) is 0 Å². The van der Waals surface area contributed by atoms with E-state index in [1.165, 1.54) is 6.07 Å². The van der Waals surface area contributed by atoms with Gasteiger partial charge in [0.1, 0.15) is 5.82 Å². The van der Waals surface area contributed by atoms with Crippen molar-refractivity contribution in [1.29, 1.82) is 0 Å². The van der Waals surface area contributed by atoms with Crippen molar-refractivity contribution >= 4 is 11.6 Å². The first-order valence-electron chi connectivity index (χ1n) is 6.69. The summed E-state index contributed by atoms with van der Waals surface area (Å²) in [5.41, 5.74) is 0.458.